The fraction of sp³-hybridized carbons (Fsp3) is 0.0556. The molecule has 21 heavy (non-hydrogen) atoms. The predicted molar refractivity (Wildman–Crippen MR) is 89.6 cm³/mol. The van der Waals surface area contributed by atoms with E-state index in [-0.39, 0.29) is 6.04 Å². The van der Waals surface area contributed by atoms with Gasteiger partial charge in [-0.05, 0) is 39.4 Å². The van der Waals surface area contributed by atoms with E-state index >= 15 is 0 Å². The molecule has 0 bridgehead atoms. The van der Waals surface area contributed by atoms with Gasteiger partial charge in [-0.15, -0.1) is 11.3 Å². The maximum absolute atomic E-state index is 6.57. The van der Waals surface area contributed by atoms with E-state index in [2.05, 4.69) is 52.8 Å². The smallest absolute Gasteiger partial charge is 0.0572 e. The van der Waals surface area contributed by atoms with Crippen molar-refractivity contribution in [2.24, 2.45) is 5.73 Å². The van der Waals surface area contributed by atoms with Crippen molar-refractivity contribution in [3.05, 3.63) is 77.4 Å². The van der Waals surface area contributed by atoms with Gasteiger partial charge in [0.25, 0.3) is 0 Å². The van der Waals surface area contributed by atoms with Gasteiger partial charge in [-0.2, -0.15) is 0 Å². The molecule has 0 spiro atoms. The van der Waals surface area contributed by atoms with Gasteiger partial charge in [-0.3, -0.25) is 4.98 Å². The highest BCUT2D eigenvalue weighted by Crippen LogP contribution is 2.34. The topological polar surface area (TPSA) is 38.9 Å². The maximum Gasteiger partial charge on any atom is 0.0572 e. The second kappa shape index (κ2) is 4.95. The van der Waals surface area contributed by atoms with Gasteiger partial charge in [0, 0.05) is 22.5 Å². The van der Waals surface area contributed by atoms with Crippen molar-refractivity contribution < 1.29 is 0 Å². The molecule has 0 saturated heterocycles. The van der Waals surface area contributed by atoms with E-state index in [0.717, 1.165) is 10.9 Å². The number of fused-ring (bicyclic) bond motifs is 2. The molecule has 3 heteroatoms. The molecule has 2 N–H and O–H groups in total. The van der Waals surface area contributed by atoms with Gasteiger partial charge < -0.3 is 5.73 Å². The van der Waals surface area contributed by atoms with Crippen molar-refractivity contribution in [1.29, 1.82) is 0 Å². The van der Waals surface area contributed by atoms with E-state index in [1.807, 2.05) is 18.5 Å². The van der Waals surface area contributed by atoms with Crippen LogP contribution in [0.2, 0.25) is 0 Å². The van der Waals surface area contributed by atoms with Crippen molar-refractivity contribution in [1.82, 2.24) is 4.98 Å². The molecule has 0 aliphatic heterocycles. The minimum absolute atomic E-state index is 0.131. The summed E-state index contributed by atoms with van der Waals surface area (Å²) in [6, 6.07) is 16.6. The Morgan fingerprint density at radius 3 is 2.76 bits per heavy atom. The zero-order valence-corrected chi connectivity index (χ0v) is 12.2. The van der Waals surface area contributed by atoms with Crippen molar-refractivity contribution in [3.8, 4) is 0 Å². The summed E-state index contributed by atoms with van der Waals surface area (Å²) in [6.07, 6.45) is 3.72. The molecule has 1 atom stereocenters. The third-order valence-corrected chi connectivity index (χ3v) is 4.88. The van der Waals surface area contributed by atoms with Crippen LogP contribution in [0.5, 0.6) is 0 Å². The number of benzene rings is 2. The highest BCUT2D eigenvalue weighted by molar-refractivity contribution is 7.17. The average molecular weight is 290 g/mol. The van der Waals surface area contributed by atoms with Crippen LogP contribution in [-0.2, 0) is 0 Å². The molecule has 2 heterocycles. The first-order chi connectivity index (χ1) is 10.3. The van der Waals surface area contributed by atoms with Crippen LogP contribution in [0.4, 0.5) is 0 Å². The third kappa shape index (κ3) is 2.02. The number of hydrogen-bond donors (Lipinski definition) is 1. The van der Waals surface area contributed by atoms with Crippen molar-refractivity contribution in [2.75, 3.05) is 0 Å². The number of rotatable bonds is 2. The summed E-state index contributed by atoms with van der Waals surface area (Å²) in [5.74, 6) is 0. The Bertz CT molecular complexity index is 921. The quantitative estimate of drug-likeness (QED) is 0.590. The number of nitrogens with two attached hydrogens (primary N) is 1. The Kier molecular flexibility index (Phi) is 2.95. The van der Waals surface area contributed by atoms with Crippen LogP contribution in [0.3, 0.4) is 0 Å². The van der Waals surface area contributed by atoms with Crippen molar-refractivity contribution in [3.63, 3.8) is 0 Å². The van der Waals surface area contributed by atoms with Crippen LogP contribution in [0.1, 0.15) is 17.2 Å². The van der Waals surface area contributed by atoms with Gasteiger partial charge in [0.05, 0.1) is 6.04 Å². The molecule has 4 rings (SSSR count). The number of thiophene rings is 1. The van der Waals surface area contributed by atoms with Crippen LogP contribution >= 0.6 is 11.3 Å². The molecular formula is C18H14N2S. The summed E-state index contributed by atoms with van der Waals surface area (Å²) in [7, 11) is 0. The molecule has 0 amide bonds. The zero-order valence-electron chi connectivity index (χ0n) is 11.4. The summed E-state index contributed by atoms with van der Waals surface area (Å²) in [5, 5.41) is 5.72. The Morgan fingerprint density at radius 2 is 1.81 bits per heavy atom. The normalized spacial score (nSPS) is 12.8. The summed E-state index contributed by atoms with van der Waals surface area (Å²) < 4.78 is 1.28. The number of hydrogen-bond acceptors (Lipinski definition) is 3. The fourth-order valence-electron chi connectivity index (χ4n) is 2.81. The maximum atomic E-state index is 6.57. The molecule has 2 nitrogen and oxygen atoms in total. The molecule has 0 radical (unpaired) electrons. The van der Waals surface area contributed by atoms with E-state index in [1.54, 1.807) is 11.3 Å². The first-order valence-electron chi connectivity index (χ1n) is 6.89. The molecule has 0 aliphatic carbocycles. The Morgan fingerprint density at radius 1 is 0.905 bits per heavy atom. The number of pyridine rings is 1. The highest BCUT2D eigenvalue weighted by Gasteiger charge is 2.15. The fourth-order valence-corrected chi connectivity index (χ4v) is 3.81. The lowest BCUT2D eigenvalue weighted by atomic mass is 9.95. The molecule has 102 valence electrons. The second-order valence-corrected chi connectivity index (χ2v) is 6.02. The van der Waals surface area contributed by atoms with Crippen LogP contribution in [0.25, 0.3) is 20.9 Å². The van der Waals surface area contributed by atoms with Gasteiger partial charge in [-0.25, -0.2) is 0 Å². The van der Waals surface area contributed by atoms with Crippen LogP contribution < -0.4 is 5.73 Å². The van der Waals surface area contributed by atoms with Gasteiger partial charge in [0.15, 0.2) is 0 Å². The molecule has 0 fully saturated rings. The largest absolute Gasteiger partial charge is 0.320 e. The molecule has 1 unspecified atom stereocenters. The minimum Gasteiger partial charge on any atom is -0.320 e. The minimum atomic E-state index is -0.131. The number of nitrogens with zero attached hydrogens (tertiary/aromatic N) is 1. The lowest BCUT2D eigenvalue weighted by molar-refractivity contribution is 0.894. The monoisotopic (exact) mass is 290 g/mol. The van der Waals surface area contributed by atoms with Crippen molar-refractivity contribution in [2.45, 2.75) is 6.04 Å². The van der Waals surface area contributed by atoms with Gasteiger partial charge in [-0.1, -0.05) is 36.4 Å². The van der Waals surface area contributed by atoms with E-state index < -0.39 is 0 Å². The van der Waals surface area contributed by atoms with Crippen LogP contribution in [0.15, 0.2) is 66.3 Å². The third-order valence-electron chi connectivity index (χ3n) is 3.90. The molecule has 4 aromatic rings. The summed E-state index contributed by atoms with van der Waals surface area (Å²) >= 11 is 1.75. The Labute approximate surface area is 126 Å². The first-order valence-corrected chi connectivity index (χ1v) is 7.77. The standard InChI is InChI=1S/C18H14N2S/c19-18(16-11-21-17-7-2-1-5-13(16)17)14-6-3-4-12-8-9-20-10-15(12)14/h1-11,18H,19H2. The summed E-state index contributed by atoms with van der Waals surface area (Å²) in [4.78, 5) is 4.25. The lowest BCUT2D eigenvalue weighted by Crippen LogP contribution is -2.11. The van der Waals surface area contributed by atoms with Gasteiger partial charge in [0.1, 0.15) is 0 Å². The second-order valence-electron chi connectivity index (χ2n) is 5.11. The SMILES string of the molecule is NC(c1cccc2ccncc12)c1csc2ccccc12. The Balaban J connectivity index is 1.92. The van der Waals surface area contributed by atoms with Crippen LogP contribution in [-0.4, -0.2) is 4.98 Å². The van der Waals surface area contributed by atoms with E-state index in [0.29, 0.717) is 0 Å². The van der Waals surface area contributed by atoms with Gasteiger partial charge >= 0.3 is 0 Å². The summed E-state index contributed by atoms with van der Waals surface area (Å²) in [6.45, 7) is 0. The summed E-state index contributed by atoms with van der Waals surface area (Å²) in [5.41, 5.74) is 8.89. The molecular weight excluding hydrogens is 276 g/mol. The van der Waals surface area contributed by atoms with E-state index in [1.165, 1.54) is 21.0 Å². The van der Waals surface area contributed by atoms with E-state index in [9.17, 15) is 0 Å². The van der Waals surface area contributed by atoms with Crippen LogP contribution in [0, 0.1) is 0 Å². The molecule has 0 aliphatic rings. The highest BCUT2D eigenvalue weighted by atomic mass is 32.1. The average Bonchev–Trinajstić information content (AvgIpc) is 2.98. The number of aromatic nitrogens is 1. The first kappa shape index (κ1) is 12.5. The van der Waals surface area contributed by atoms with E-state index in [4.69, 9.17) is 5.73 Å². The zero-order chi connectivity index (χ0) is 14.2. The molecule has 0 saturated carbocycles. The van der Waals surface area contributed by atoms with Crippen molar-refractivity contribution >= 4 is 32.2 Å². The Hall–Kier alpha value is -2.23. The molecule has 2 aromatic heterocycles. The predicted octanol–water partition coefficient (Wildman–Crippen LogP) is 4.50. The molecule has 2 aromatic carbocycles. The van der Waals surface area contributed by atoms with Gasteiger partial charge in [0.2, 0.25) is 0 Å². The lowest BCUT2D eigenvalue weighted by Gasteiger charge is -2.14.